The lowest BCUT2D eigenvalue weighted by molar-refractivity contribution is 0.0189. The normalized spacial score (nSPS) is 14.4. The SMILES string of the molecule is Cc1cn(CC(O)(CNN)c2ccccc2)cn1. The molecule has 0 radical (unpaired) electrons. The molecule has 1 heterocycles. The van der Waals surface area contributed by atoms with Gasteiger partial charge in [0.25, 0.3) is 0 Å². The Labute approximate surface area is 106 Å². The standard InChI is InChI=1S/C13H18N4O/c1-11-7-17(10-15-11)9-13(18,8-16-14)12-5-3-2-4-6-12/h2-7,10,16,18H,8-9,14H2,1H3. The largest absolute Gasteiger partial charge is 0.382 e. The molecule has 1 aromatic heterocycles. The third kappa shape index (κ3) is 2.76. The second-order valence-electron chi connectivity index (χ2n) is 4.47. The van der Waals surface area contributed by atoms with Crippen molar-refractivity contribution in [2.45, 2.75) is 19.1 Å². The first-order valence-electron chi connectivity index (χ1n) is 5.84. The van der Waals surface area contributed by atoms with Gasteiger partial charge in [0.05, 0.1) is 18.6 Å². The summed E-state index contributed by atoms with van der Waals surface area (Å²) < 4.78 is 1.86. The van der Waals surface area contributed by atoms with Crippen LogP contribution in [0.2, 0.25) is 0 Å². The summed E-state index contributed by atoms with van der Waals surface area (Å²) in [6, 6.07) is 9.50. The second-order valence-corrected chi connectivity index (χ2v) is 4.47. The lowest BCUT2D eigenvalue weighted by atomic mass is 9.93. The van der Waals surface area contributed by atoms with Gasteiger partial charge in [0, 0.05) is 12.7 Å². The van der Waals surface area contributed by atoms with Crippen LogP contribution in [0.25, 0.3) is 0 Å². The third-order valence-electron chi connectivity index (χ3n) is 2.91. The van der Waals surface area contributed by atoms with Gasteiger partial charge < -0.3 is 9.67 Å². The number of nitrogens with one attached hydrogen (secondary N) is 1. The highest BCUT2D eigenvalue weighted by Crippen LogP contribution is 2.22. The Bertz CT molecular complexity index is 497. The smallest absolute Gasteiger partial charge is 0.121 e. The van der Waals surface area contributed by atoms with Crippen molar-refractivity contribution >= 4 is 0 Å². The van der Waals surface area contributed by atoms with Crippen LogP contribution in [-0.2, 0) is 12.1 Å². The average molecular weight is 246 g/mol. The number of aromatic nitrogens is 2. The number of imidazole rings is 1. The first kappa shape index (κ1) is 12.8. The van der Waals surface area contributed by atoms with Gasteiger partial charge in [-0.1, -0.05) is 30.3 Å². The van der Waals surface area contributed by atoms with Gasteiger partial charge in [-0.25, -0.2) is 4.98 Å². The first-order chi connectivity index (χ1) is 8.64. The van der Waals surface area contributed by atoms with Crippen LogP contribution >= 0.6 is 0 Å². The number of nitrogens with two attached hydrogens (primary N) is 1. The maximum atomic E-state index is 10.8. The Morgan fingerprint density at radius 2 is 2.11 bits per heavy atom. The monoisotopic (exact) mass is 246 g/mol. The van der Waals surface area contributed by atoms with E-state index in [-0.39, 0.29) is 6.54 Å². The molecule has 0 saturated carbocycles. The second kappa shape index (κ2) is 5.30. The predicted molar refractivity (Wildman–Crippen MR) is 69.5 cm³/mol. The molecule has 2 rings (SSSR count). The van der Waals surface area contributed by atoms with E-state index in [1.807, 2.05) is 48.0 Å². The van der Waals surface area contributed by atoms with E-state index in [0.717, 1.165) is 11.3 Å². The summed E-state index contributed by atoms with van der Waals surface area (Å²) in [5.74, 6) is 5.38. The summed E-state index contributed by atoms with van der Waals surface area (Å²) in [7, 11) is 0. The third-order valence-corrected chi connectivity index (χ3v) is 2.91. The number of aliphatic hydroxyl groups is 1. The van der Waals surface area contributed by atoms with Crippen molar-refractivity contribution in [2.24, 2.45) is 5.84 Å². The lowest BCUT2D eigenvalue weighted by Gasteiger charge is -2.28. The van der Waals surface area contributed by atoms with E-state index < -0.39 is 5.60 Å². The van der Waals surface area contributed by atoms with E-state index in [2.05, 4.69) is 10.4 Å². The van der Waals surface area contributed by atoms with Gasteiger partial charge in [0.1, 0.15) is 5.60 Å². The molecule has 1 atom stereocenters. The minimum absolute atomic E-state index is 0.272. The summed E-state index contributed by atoms with van der Waals surface area (Å²) in [5, 5.41) is 10.8. The number of hydrogen-bond donors (Lipinski definition) is 3. The van der Waals surface area contributed by atoms with Crippen LogP contribution in [-0.4, -0.2) is 21.2 Å². The van der Waals surface area contributed by atoms with Crippen LogP contribution in [0.4, 0.5) is 0 Å². The molecule has 0 spiro atoms. The predicted octanol–water partition coefficient (Wildman–Crippen LogP) is 0.543. The molecule has 96 valence electrons. The van der Waals surface area contributed by atoms with E-state index in [0.29, 0.717) is 6.54 Å². The number of nitrogens with zero attached hydrogens (tertiary/aromatic N) is 2. The molecular formula is C13H18N4O. The van der Waals surface area contributed by atoms with Crippen molar-refractivity contribution in [3.8, 4) is 0 Å². The number of benzene rings is 1. The van der Waals surface area contributed by atoms with Crippen molar-refractivity contribution in [3.63, 3.8) is 0 Å². The molecule has 0 aliphatic carbocycles. The molecule has 1 aromatic carbocycles. The first-order valence-corrected chi connectivity index (χ1v) is 5.84. The van der Waals surface area contributed by atoms with Crippen LogP contribution in [0.1, 0.15) is 11.3 Å². The van der Waals surface area contributed by atoms with Gasteiger partial charge in [-0.3, -0.25) is 11.3 Å². The molecule has 0 amide bonds. The number of aryl methyl sites for hydroxylation is 1. The molecule has 0 aliphatic rings. The number of hydrazine groups is 1. The maximum absolute atomic E-state index is 10.8. The highest BCUT2D eigenvalue weighted by Gasteiger charge is 2.29. The topological polar surface area (TPSA) is 76.1 Å². The number of rotatable bonds is 5. The molecule has 0 bridgehead atoms. The molecule has 18 heavy (non-hydrogen) atoms. The Balaban J connectivity index is 2.26. The maximum Gasteiger partial charge on any atom is 0.121 e. The van der Waals surface area contributed by atoms with E-state index >= 15 is 0 Å². The zero-order valence-corrected chi connectivity index (χ0v) is 10.4. The van der Waals surface area contributed by atoms with Crippen molar-refractivity contribution in [1.29, 1.82) is 0 Å². The van der Waals surface area contributed by atoms with Crippen molar-refractivity contribution in [3.05, 3.63) is 54.1 Å². The Kier molecular flexibility index (Phi) is 3.76. The zero-order chi connectivity index (χ0) is 13.0. The fourth-order valence-electron chi connectivity index (χ4n) is 2.03. The summed E-state index contributed by atoms with van der Waals surface area (Å²) in [6.45, 7) is 2.59. The summed E-state index contributed by atoms with van der Waals surface area (Å²) in [6.07, 6.45) is 3.60. The Morgan fingerprint density at radius 1 is 1.39 bits per heavy atom. The molecule has 0 aliphatic heterocycles. The molecular weight excluding hydrogens is 228 g/mol. The minimum atomic E-state index is -1.05. The van der Waals surface area contributed by atoms with Crippen LogP contribution in [0.15, 0.2) is 42.9 Å². The molecule has 2 aromatic rings. The molecule has 5 nitrogen and oxygen atoms in total. The van der Waals surface area contributed by atoms with Gasteiger partial charge in [0.15, 0.2) is 0 Å². The van der Waals surface area contributed by atoms with Crippen LogP contribution in [0.5, 0.6) is 0 Å². The van der Waals surface area contributed by atoms with Crippen LogP contribution in [0.3, 0.4) is 0 Å². The van der Waals surface area contributed by atoms with Gasteiger partial charge in [-0.05, 0) is 12.5 Å². The Morgan fingerprint density at radius 3 is 2.67 bits per heavy atom. The molecule has 4 N–H and O–H groups in total. The van der Waals surface area contributed by atoms with E-state index in [9.17, 15) is 5.11 Å². The van der Waals surface area contributed by atoms with Gasteiger partial charge >= 0.3 is 0 Å². The summed E-state index contributed by atoms with van der Waals surface area (Å²) >= 11 is 0. The van der Waals surface area contributed by atoms with Crippen LogP contribution in [0, 0.1) is 6.92 Å². The number of hydrogen-bond acceptors (Lipinski definition) is 4. The summed E-state index contributed by atoms with van der Waals surface area (Å²) in [4.78, 5) is 4.15. The lowest BCUT2D eigenvalue weighted by Crippen LogP contribution is -2.44. The molecule has 5 heteroatoms. The van der Waals surface area contributed by atoms with E-state index in [4.69, 9.17) is 5.84 Å². The summed E-state index contributed by atoms with van der Waals surface area (Å²) in [5.41, 5.74) is 3.25. The fourth-order valence-corrected chi connectivity index (χ4v) is 2.03. The van der Waals surface area contributed by atoms with Crippen molar-refractivity contribution in [2.75, 3.05) is 6.54 Å². The minimum Gasteiger partial charge on any atom is -0.382 e. The molecule has 0 fully saturated rings. The highest BCUT2D eigenvalue weighted by molar-refractivity contribution is 5.22. The van der Waals surface area contributed by atoms with E-state index in [1.165, 1.54) is 0 Å². The highest BCUT2D eigenvalue weighted by atomic mass is 16.3. The van der Waals surface area contributed by atoms with Gasteiger partial charge in [-0.2, -0.15) is 0 Å². The van der Waals surface area contributed by atoms with Crippen molar-refractivity contribution in [1.82, 2.24) is 15.0 Å². The fraction of sp³-hybridized carbons (Fsp3) is 0.308. The molecule has 0 saturated heterocycles. The van der Waals surface area contributed by atoms with Crippen molar-refractivity contribution < 1.29 is 5.11 Å². The van der Waals surface area contributed by atoms with Crippen LogP contribution < -0.4 is 11.3 Å². The Hall–Kier alpha value is -1.69. The zero-order valence-electron chi connectivity index (χ0n) is 10.4. The van der Waals surface area contributed by atoms with Gasteiger partial charge in [-0.15, -0.1) is 0 Å². The molecule has 1 unspecified atom stereocenters. The average Bonchev–Trinajstić information content (AvgIpc) is 2.76. The quantitative estimate of drug-likeness (QED) is 0.532. The van der Waals surface area contributed by atoms with Gasteiger partial charge in [0.2, 0.25) is 0 Å². The van der Waals surface area contributed by atoms with E-state index in [1.54, 1.807) is 6.33 Å².